The summed E-state index contributed by atoms with van der Waals surface area (Å²) in [6.07, 6.45) is 9.58. The number of aliphatic imine (C=N–C) groups is 1. The van der Waals surface area contributed by atoms with Crippen molar-refractivity contribution in [2.75, 3.05) is 6.54 Å². The average Bonchev–Trinajstić information content (AvgIpc) is 2.58. The SMILES string of the molecule is O=C1C(=Cc2cccnc2)N=C2CCCCCN12. The minimum Gasteiger partial charge on any atom is -0.295 e. The molecule has 1 aromatic rings. The minimum atomic E-state index is 0.0377. The first-order chi connectivity index (χ1) is 8.84. The van der Waals surface area contributed by atoms with Gasteiger partial charge in [-0.15, -0.1) is 0 Å². The molecule has 0 aromatic carbocycles. The fourth-order valence-electron chi connectivity index (χ4n) is 2.37. The number of rotatable bonds is 1. The van der Waals surface area contributed by atoms with Crippen molar-refractivity contribution in [3.63, 3.8) is 0 Å². The van der Waals surface area contributed by atoms with Gasteiger partial charge in [0.15, 0.2) is 0 Å². The van der Waals surface area contributed by atoms with Crippen molar-refractivity contribution in [2.45, 2.75) is 25.7 Å². The molecular weight excluding hydrogens is 226 g/mol. The van der Waals surface area contributed by atoms with Gasteiger partial charge in [0.1, 0.15) is 11.5 Å². The van der Waals surface area contributed by atoms with E-state index in [1.165, 1.54) is 6.42 Å². The Labute approximate surface area is 106 Å². The van der Waals surface area contributed by atoms with Crippen LogP contribution >= 0.6 is 0 Å². The van der Waals surface area contributed by atoms with Crippen LogP contribution in [0.2, 0.25) is 0 Å². The number of hydrogen-bond donors (Lipinski definition) is 0. The molecule has 0 saturated carbocycles. The van der Waals surface area contributed by atoms with E-state index >= 15 is 0 Å². The lowest BCUT2D eigenvalue weighted by Gasteiger charge is -2.13. The second-order valence-corrected chi connectivity index (χ2v) is 4.61. The number of carbonyl (C=O) groups excluding carboxylic acids is 1. The quantitative estimate of drug-likeness (QED) is 0.708. The summed E-state index contributed by atoms with van der Waals surface area (Å²) in [4.78, 5) is 22.6. The Bertz CT molecular complexity index is 519. The van der Waals surface area contributed by atoms with Gasteiger partial charge in [-0.25, -0.2) is 4.99 Å². The van der Waals surface area contributed by atoms with Gasteiger partial charge in [0.25, 0.3) is 5.91 Å². The lowest BCUT2D eigenvalue weighted by molar-refractivity contribution is -0.122. The van der Waals surface area contributed by atoms with Crippen LogP contribution in [0.3, 0.4) is 0 Å². The number of fused-ring (bicyclic) bond motifs is 1. The van der Waals surface area contributed by atoms with Gasteiger partial charge in [0, 0.05) is 25.4 Å². The second-order valence-electron chi connectivity index (χ2n) is 4.61. The van der Waals surface area contributed by atoms with E-state index in [1.54, 1.807) is 12.4 Å². The summed E-state index contributed by atoms with van der Waals surface area (Å²) < 4.78 is 0. The van der Waals surface area contributed by atoms with Gasteiger partial charge in [-0.1, -0.05) is 12.5 Å². The summed E-state index contributed by atoms with van der Waals surface area (Å²) >= 11 is 0. The number of nitrogens with zero attached hydrogens (tertiary/aromatic N) is 3. The highest BCUT2D eigenvalue weighted by molar-refractivity contribution is 6.14. The van der Waals surface area contributed by atoms with Crippen LogP contribution in [-0.2, 0) is 4.79 Å². The van der Waals surface area contributed by atoms with Gasteiger partial charge in [0.05, 0.1) is 0 Å². The summed E-state index contributed by atoms with van der Waals surface area (Å²) in [6, 6.07) is 3.79. The van der Waals surface area contributed by atoms with Gasteiger partial charge in [-0.3, -0.25) is 14.7 Å². The van der Waals surface area contributed by atoms with E-state index in [2.05, 4.69) is 9.98 Å². The van der Waals surface area contributed by atoms with Crippen molar-refractivity contribution in [2.24, 2.45) is 4.99 Å². The first kappa shape index (κ1) is 11.1. The number of pyridine rings is 1. The summed E-state index contributed by atoms with van der Waals surface area (Å²) in [6.45, 7) is 0.808. The van der Waals surface area contributed by atoms with Crippen molar-refractivity contribution in [1.82, 2.24) is 9.88 Å². The molecule has 3 rings (SSSR count). The first-order valence-corrected chi connectivity index (χ1v) is 6.36. The normalized spacial score (nSPS) is 21.8. The van der Waals surface area contributed by atoms with E-state index in [9.17, 15) is 4.79 Å². The van der Waals surface area contributed by atoms with Gasteiger partial charge in [0.2, 0.25) is 0 Å². The standard InChI is InChI=1S/C14H15N3O/c18-14-12(9-11-5-4-7-15-10-11)16-13-6-2-1-3-8-17(13)14/h4-5,7,9-10H,1-3,6,8H2. The van der Waals surface area contributed by atoms with E-state index in [0.29, 0.717) is 5.70 Å². The second kappa shape index (κ2) is 4.72. The highest BCUT2D eigenvalue weighted by Gasteiger charge is 2.30. The van der Waals surface area contributed by atoms with Crippen molar-refractivity contribution in [3.05, 3.63) is 35.8 Å². The maximum Gasteiger partial charge on any atom is 0.277 e. The Morgan fingerprint density at radius 2 is 2.22 bits per heavy atom. The van der Waals surface area contributed by atoms with Gasteiger partial charge >= 0.3 is 0 Å². The summed E-state index contributed by atoms with van der Waals surface area (Å²) in [5, 5.41) is 0. The molecule has 0 aliphatic carbocycles. The molecule has 18 heavy (non-hydrogen) atoms. The van der Waals surface area contributed by atoms with Gasteiger partial charge in [-0.2, -0.15) is 0 Å². The number of carbonyl (C=O) groups is 1. The van der Waals surface area contributed by atoms with Crippen molar-refractivity contribution >= 4 is 17.8 Å². The topological polar surface area (TPSA) is 45.6 Å². The molecule has 0 radical (unpaired) electrons. The molecule has 0 bridgehead atoms. The third-order valence-corrected chi connectivity index (χ3v) is 3.30. The van der Waals surface area contributed by atoms with E-state index in [-0.39, 0.29) is 5.91 Å². The lowest BCUT2D eigenvalue weighted by atomic mass is 10.2. The maximum atomic E-state index is 12.2. The Kier molecular flexibility index (Phi) is 2.92. The number of amides is 1. The molecular formula is C14H15N3O. The van der Waals surface area contributed by atoms with E-state index in [4.69, 9.17) is 0 Å². The molecule has 0 N–H and O–H groups in total. The van der Waals surface area contributed by atoms with Crippen molar-refractivity contribution in [1.29, 1.82) is 0 Å². The number of aromatic nitrogens is 1. The lowest BCUT2D eigenvalue weighted by Crippen LogP contribution is -2.31. The fourth-order valence-corrected chi connectivity index (χ4v) is 2.37. The molecule has 1 amide bonds. The smallest absolute Gasteiger partial charge is 0.277 e. The minimum absolute atomic E-state index is 0.0377. The Morgan fingerprint density at radius 1 is 1.28 bits per heavy atom. The largest absolute Gasteiger partial charge is 0.295 e. The van der Waals surface area contributed by atoms with Crippen LogP contribution in [0.4, 0.5) is 0 Å². The molecule has 4 heteroatoms. The van der Waals surface area contributed by atoms with E-state index < -0.39 is 0 Å². The zero-order valence-electron chi connectivity index (χ0n) is 10.2. The Morgan fingerprint density at radius 3 is 3.06 bits per heavy atom. The monoisotopic (exact) mass is 241 g/mol. The van der Waals surface area contributed by atoms with Crippen LogP contribution in [0.25, 0.3) is 6.08 Å². The summed E-state index contributed by atoms with van der Waals surface area (Å²) in [7, 11) is 0. The zero-order chi connectivity index (χ0) is 12.4. The molecule has 3 heterocycles. The van der Waals surface area contributed by atoms with E-state index in [0.717, 1.165) is 37.2 Å². The third-order valence-electron chi connectivity index (χ3n) is 3.30. The first-order valence-electron chi connectivity index (χ1n) is 6.36. The molecule has 1 saturated heterocycles. The van der Waals surface area contributed by atoms with E-state index in [1.807, 2.05) is 23.1 Å². The molecule has 4 nitrogen and oxygen atoms in total. The van der Waals surface area contributed by atoms with Crippen LogP contribution in [0, 0.1) is 0 Å². The molecule has 0 spiro atoms. The molecule has 92 valence electrons. The number of amidine groups is 1. The molecule has 1 aromatic heterocycles. The van der Waals surface area contributed by atoms with Crippen LogP contribution in [0.15, 0.2) is 35.2 Å². The summed E-state index contributed by atoms with van der Waals surface area (Å²) in [5.41, 5.74) is 1.46. The fraction of sp³-hybridized carbons (Fsp3) is 0.357. The number of hydrogen-bond acceptors (Lipinski definition) is 3. The van der Waals surface area contributed by atoms with Crippen LogP contribution in [0.5, 0.6) is 0 Å². The average molecular weight is 241 g/mol. The van der Waals surface area contributed by atoms with Gasteiger partial charge in [-0.05, 0) is 30.5 Å². The highest BCUT2D eigenvalue weighted by Crippen LogP contribution is 2.23. The highest BCUT2D eigenvalue weighted by atomic mass is 16.2. The predicted octanol–water partition coefficient (Wildman–Crippen LogP) is 2.24. The van der Waals surface area contributed by atoms with Crippen LogP contribution in [-0.4, -0.2) is 28.2 Å². The molecule has 1 fully saturated rings. The molecule has 2 aliphatic heterocycles. The Balaban J connectivity index is 1.91. The summed E-state index contributed by atoms with van der Waals surface area (Å²) in [5.74, 6) is 0.975. The maximum absolute atomic E-state index is 12.2. The van der Waals surface area contributed by atoms with Crippen LogP contribution in [0.1, 0.15) is 31.2 Å². The third kappa shape index (κ3) is 2.06. The van der Waals surface area contributed by atoms with Crippen molar-refractivity contribution in [3.8, 4) is 0 Å². The molecule has 0 atom stereocenters. The predicted molar refractivity (Wildman–Crippen MR) is 69.8 cm³/mol. The zero-order valence-corrected chi connectivity index (χ0v) is 10.2. The van der Waals surface area contributed by atoms with Crippen molar-refractivity contribution < 1.29 is 4.79 Å². The molecule has 2 aliphatic rings. The van der Waals surface area contributed by atoms with Gasteiger partial charge < -0.3 is 0 Å². The van der Waals surface area contributed by atoms with Crippen LogP contribution < -0.4 is 0 Å². The molecule has 0 unspecified atom stereocenters. The Hall–Kier alpha value is -1.97.